The van der Waals surface area contributed by atoms with Crippen molar-refractivity contribution in [2.24, 2.45) is 5.73 Å². The molecule has 0 atom stereocenters. The Kier molecular flexibility index (Phi) is 4.94. The highest BCUT2D eigenvalue weighted by Crippen LogP contribution is 1.97. The minimum absolute atomic E-state index is 0.155. The van der Waals surface area contributed by atoms with E-state index in [0.29, 0.717) is 13.0 Å². The Labute approximate surface area is 78.7 Å². The second kappa shape index (κ2) is 5.18. The van der Waals surface area contributed by atoms with E-state index in [2.05, 4.69) is 0 Å². The maximum Gasteiger partial charge on any atom is 0.237 e. The zero-order chi connectivity index (χ0) is 10.5. The number of hydrogen-bond donors (Lipinski definition) is 2. The quantitative estimate of drug-likeness (QED) is 0.642. The Morgan fingerprint density at radius 3 is 2.38 bits per heavy atom. The second-order valence-corrected chi connectivity index (χ2v) is 5.25. The second-order valence-electron chi connectivity index (χ2n) is 3.01. The number of amides is 1. The number of carbonyl (C=O) groups is 1. The van der Waals surface area contributed by atoms with Gasteiger partial charge in [0, 0.05) is 6.42 Å². The van der Waals surface area contributed by atoms with Gasteiger partial charge in [0.2, 0.25) is 15.9 Å². The molecule has 0 unspecified atom stereocenters. The normalized spacial score (nSPS) is 11.7. The van der Waals surface area contributed by atoms with E-state index in [4.69, 9.17) is 5.73 Å². The molecule has 1 amide bonds. The first-order chi connectivity index (χ1) is 5.90. The molecule has 0 heterocycles. The predicted molar refractivity (Wildman–Crippen MR) is 50.5 cm³/mol. The Balaban J connectivity index is 4.06. The molecule has 0 aromatic heterocycles. The first-order valence-electron chi connectivity index (χ1n) is 4.14. The van der Waals surface area contributed by atoms with Crippen molar-refractivity contribution in [3.8, 4) is 0 Å². The molecule has 3 N–H and O–H groups in total. The van der Waals surface area contributed by atoms with E-state index in [-0.39, 0.29) is 6.42 Å². The predicted octanol–water partition coefficient (Wildman–Crippen LogP) is -0.420. The lowest BCUT2D eigenvalue weighted by atomic mass is 10.3. The first kappa shape index (κ1) is 12.4. The van der Waals surface area contributed by atoms with Crippen LogP contribution in [0.3, 0.4) is 0 Å². The summed E-state index contributed by atoms with van der Waals surface area (Å²) in [6.45, 7) is 3.41. The van der Waals surface area contributed by atoms with Crippen LogP contribution in [0, 0.1) is 0 Å². The van der Waals surface area contributed by atoms with Crippen LogP contribution in [-0.2, 0) is 14.8 Å². The third-order valence-corrected chi connectivity index (χ3v) is 3.24. The third-order valence-electron chi connectivity index (χ3n) is 1.48. The van der Waals surface area contributed by atoms with E-state index in [1.54, 1.807) is 0 Å². The van der Waals surface area contributed by atoms with Crippen LogP contribution in [0.5, 0.6) is 0 Å². The third kappa shape index (κ3) is 4.84. The van der Waals surface area contributed by atoms with Crippen LogP contribution in [-0.4, -0.2) is 26.1 Å². The minimum atomic E-state index is -3.47. The zero-order valence-electron chi connectivity index (χ0n) is 7.91. The van der Waals surface area contributed by atoms with Gasteiger partial charge in [-0.1, -0.05) is 0 Å². The van der Waals surface area contributed by atoms with Crippen molar-refractivity contribution in [3.05, 3.63) is 0 Å². The van der Waals surface area contributed by atoms with Crippen LogP contribution in [0.1, 0.15) is 26.7 Å². The molecular weight excluding hydrogens is 192 g/mol. The molecule has 0 aromatic rings. The Hall–Kier alpha value is -0.620. The summed E-state index contributed by atoms with van der Waals surface area (Å²) in [5.41, 5.74) is 5.17. The van der Waals surface area contributed by atoms with Gasteiger partial charge in [-0.2, -0.15) is 0 Å². The van der Waals surface area contributed by atoms with Gasteiger partial charge in [-0.3, -0.25) is 9.52 Å². The molecule has 0 aliphatic carbocycles. The van der Waals surface area contributed by atoms with Crippen molar-refractivity contribution in [2.75, 3.05) is 6.54 Å². The molecule has 0 spiro atoms. The lowest BCUT2D eigenvalue weighted by Gasteiger charge is -2.08. The van der Waals surface area contributed by atoms with Crippen molar-refractivity contribution in [1.82, 2.24) is 4.72 Å². The average Bonchev–Trinajstić information content (AvgIpc) is 1.99. The standard InChI is InChI=1S/C7H16N2O3S/c1-6(2)13(11,12)9-7(10)4-3-5-8/h6H,3-5,8H2,1-2H3,(H,9,10). The van der Waals surface area contributed by atoms with Crippen molar-refractivity contribution in [2.45, 2.75) is 31.9 Å². The van der Waals surface area contributed by atoms with Crippen LogP contribution >= 0.6 is 0 Å². The average molecular weight is 208 g/mol. The molecule has 6 heteroatoms. The molecule has 5 nitrogen and oxygen atoms in total. The van der Waals surface area contributed by atoms with Gasteiger partial charge in [0.25, 0.3) is 0 Å². The van der Waals surface area contributed by atoms with Gasteiger partial charge in [-0.25, -0.2) is 8.42 Å². The fourth-order valence-electron chi connectivity index (χ4n) is 0.590. The number of carbonyl (C=O) groups excluding carboxylic acids is 1. The van der Waals surface area contributed by atoms with Gasteiger partial charge in [-0.15, -0.1) is 0 Å². The monoisotopic (exact) mass is 208 g/mol. The summed E-state index contributed by atoms with van der Waals surface area (Å²) in [5, 5.41) is -0.589. The largest absolute Gasteiger partial charge is 0.330 e. The van der Waals surface area contributed by atoms with Crippen LogP contribution in [0.4, 0.5) is 0 Å². The molecule has 0 aromatic carbocycles. The summed E-state index contributed by atoms with van der Waals surface area (Å²) in [5.74, 6) is -0.487. The van der Waals surface area contributed by atoms with E-state index in [1.807, 2.05) is 4.72 Å². The van der Waals surface area contributed by atoms with Crippen LogP contribution in [0.25, 0.3) is 0 Å². The molecule has 0 aliphatic rings. The van der Waals surface area contributed by atoms with E-state index < -0.39 is 21.2 Å². The molecular formula is C7H16N2O3S. The maximum atomic E-state index is 11.1. The highest BCUT2D eigenvalue weighted by atomic mass is 32.2. The molecule has 0 rings (SSSR count). The Morgan fingerprint density at radius 1 is 1.46 bits per heavy atom. The van der Waals surface area contributed by atoms with Crippen molar-refractivity contribution in [1.29, 1.82) is 0 Å². The van der Waals surface area contributed by atoms with Gasteiger partial charge in [0.15, 0.2) is 0 Å². The van der Waals surface area contributed by atoms with Crippen molar-refractivity contribution < 1.29 is 13.2 Å². The fraction of sp³-hybridized carbons (Fsp3) is 0.857. The smallest absolute Gasteiger partial charge is 0.237 e. The first-order valence-corrected chi connectivity index (χ1v) is 5.69. The van der Waals surface area contributed by atoms with E-state index in [9.17, 15) is 13.2 Å². The summed E-state index contributed by atoms with van der Waals surface area (Å²) >= 11 is 0. The minimum Gasteiger partial charge on any atom is -0.330 e. The number of sulfonamides is 1. The topological polar surface area (TPSA) is 89.3 Å². The van der Waals surface area contributed by atoms with E-state index in [0.717, 1.165) is 0 Å². The van der Waals surface area contributed by atoms with E-state index >= 15 is 0 Å². The summed E-state index contributed by atoms with van der Waals surface area (Å²) in [4.78, 5) is 11.0. The molecule has 0 saturated heterocycles. The number of nitrogens with two attached hydrogens (primary N) is 1. The highest BCUT2D eigenvalue weighted by molar-refractivity contribution is 7.90. The van der Waals surface area contributed by atoms with Gasteiger partial charge in [-0.05, 0) is 26.8 Å². The summed E-state index contributed by atoms with van der Waals surface area (Å²) in [7, 11) is -3.47. The van der Waals surface area contributed by atoms with Crippen LogP contribution in [0.2, 0.25) is 0 Å². The molecule has 78 valence electrons. The number of nitrogens with one attached hydrogen (secondary N) is 1. The Bertz CT molecular complexity index is 259. The van der Waals surface area contributed by atoms with Gasteiger partial charge < -0.3 is 5.73 Å². The lowest BCUT2D eigenvalue weighted by Crippen LogP contribution is -2.35. The molecule has 0 saturated carbocycles. The summed E-state index contributed by atoms with van der Waals surface area (Å²) in [6, 6.07) is 0. The SMILES string of the molecule is CC(C)S(=O)(=O)NC(=O)CCCN. The highest BCUT2D eigenvalue weighted by Gasteiger charge is 2.17. The number of rotatable bonds is 5. The van der Waals surface area contributed by atoms with Crippen LogP contribution in [0.15, 0.2) is 0 Å². The fourth-order valence-corrected chi connectivity index (χ4v) is 1.25. The molecule has 13 heavy (non-hydrogen) atoms. The molecule has 0 radical (unpaired) electrons. The molecule has 0 bridgehead atoms. The van der Waals surface area contributed by atoms with Crippen molar-refractivity contribution in [3.63, 3.8) is 0 Å². The molecule has 0 fully saturated rings. The summed E-state index contributed by atoms with van der Waals surface area (Å²) in [6.07, 6.45) is 0.655. The lowest BCUT2D eigenvalue weighted by molar-refractivity contribution is -0.119. The van der Waals surface area contributed by atoms with Crippen LogP contribution < -0.4 is 10.5 Å². The zero-order valence-corrected chi connectivity index (χ0v) is 8.73. The number of hydrogen-bond acceptors (Lipinski definition) is 4. The van der Waals surface area contributed by atoms with E-state index in [1.165, 1.54) is 13.8 Å². The molecule has 0 aliphatic heterocycles. The van der Waals surface area contributed by atoms with Gasteiger partial charge in [0.1, 0.15) is 0 Å². The van der Waals surface area contributed by atoms with Gasteiger partial charge in [0.05, 0.1) is 5.25 Å². The maximum absolute atomic E-state index is 11.1. The van der Waals surface area contributed by atoms with Crippen molar-refractivity contribution >= 4 is 15.9 Å². The van der Waals surface area contributed by atoms with Gasteiger partial charge >= 0.3 is 0 Å². The summed E-state index contributed by atoms with van der Waals surface area (Å²) < 4.78 is 24.2. The Morgan fingerprint density at radius 2 is 2.00 bits per heavy atom.